The van der Waals surface area contributed by atoms with Crippen LogP contribution in [0.3, 0.4) is 0 Å². The summed E-state index contributed by atoms with van der Waals surface area (Å²) < 4.78 is 0. The van der Waals surface area contributed by atoms with Crippen LogP contribution in [0.4, 0.5) is 5.82 Å². The van der Waals surface area contributed by atoms with E-state index in [-0.39, 0.29) is 0 Å². The Morgan fingerprint density at radius 2 is 1.78 bits per heavy atom. The largest absolute Gasteiger partial charge is 0.384 e. The minimum Gasteiger partial charge on any atom is -0.384 e. The number of pyridine rings is 1. The van der Waals surface area contributed by atoms with Crippen LogP contribution in [0.2, 0.25) is 0 Å². The predicted octanol–water partition coefficient (Wildman–Crippen LogP) is 2.54. The van der Waals surface area contributed by atoms with Gasteiger partial charge in [0.1, 0.15) is 11.9 Å². The Kier molecular flexibility index (Phi) is 3.63. The molecule has 0 amide bonds. The van der Waals surface area contributed by atoms with E-state index in [0.717, 1.165) is 22.5 Å². The Morgan fingerprint density at radius 3 is 2.33 bits per heavy atom. The molecular weight excluding hydrogens is 224 g/mol. The molecule has 1 heterocycles. The molecule has 2 aromatic rings. The fraction of sp³-hybridized carbons (Fsp3) is 0.267. The van der Waals surface area contributed by atoms with Gasteiger partial charge in [0.15, 0.2) is 0 Å². The fourth-order valence-electron chi connectivity index (χ4n) is 2.03. The Hall–Kier alpha value is -1.87. The first-order valence-electron chi connectivity index (χ1n) is 5.96. The number of hydrogen-bond donors (Lipinski definition) is 1. The first-order chi connectivity index (χ1) is 8.59. The highest BCUT2D eigenvalue weighted by molar-refractivity contribution is 5.47. The molecule has 0 bridgehead atoms. The van der Waals surface area contributed by atoms with Crippen molar-refractivity contribution in [3.05, 3.63) is 59.3 Å². The van der Waals surface area contributed by atoms with Crippen molar-refractivity contribution >= 4 is 5.82 Å². The first-order valence-corrected chi connectivity index (χ1v) is 5.96. The van der Waals surface area contributed by atoms with Gasteiger partial charge in [-0.3, -0.25) is 0 Å². The zero-order chi connectivity index (χ0) is 13.1. The average molecular weight is 242 g/mol. The standard InChI is InChI=1S/C15H18N2O/c1-11-9-13(10-16-15(11)17(2)3)14(18)12-7-5-4-6-8-12/h4-10,14,18H,1-3H3/t14-/m1/s1. The maximum atomic E-state index is 10.3. The normalized spacial score (nSPS) is 12.2. The van der Waals surface area contributed by atoms with Crippen molar-refractivity contribution in [2.75, 3.05) is 19.0 Å². The van der Waals surface area contributed by atoms with Gasteiger partial charge in [-0.1, -0.05) is 30.3 Å². The third-order valence-electron chi connectivity index (χ3n) is 2.93. The van der Waals surface area contributed by atoms with Crippen LogP contribution < -0.4 is 4.90 Å². The molecule has 3 heteroatoms. The molecule has 0 aliphatic carbocycles. The Morgan fingerprint density at radius 1 is 1.11 bits per heavy atom. The van der Waals surface area contributed by atoms with Crippen molar-refractivity contribution in [3.63, 3.8) is 0 Å². The summed E-state index contributed by atoms with van der Waals surface area (Å²) in [7, 11) is 3.92. The van der Waals surface area contributed by atoms with Gasteiger partial charge in [-0.15, -0.1) is 0 Å². The van der Waals surface area contributed by atoms with Crippen LogP contribution in [0.5, 0.6) is 0 Å². The molecule has 1 aromatic carbocycles. The number of benzene rings is 1. The monoisotopic (exact) mass is 242 g/mol. The van der Waals surface area contributed by atoms with E-state index < -0.39 is 6.10 Å². The summed E-state index contributed by atoms with van der Waals surface area (Å²) in [5.41, 5.74) is 2.77. The van der Waals surface area contributed by atoms with E-state index in [1.54, 1.807) is 6.20 Å². The zero-order valence-corrected chi connectivity index (χ0v) is 11.0. The average Bonchev–Trinajstić information content (AvgIpc) is 2.38. The molecule has 3 nitrogen and oxygen atoms in total. The fourth-order valence-corrected chi connectivity index (χ4v) is 2.03. The van der Waals surface area contributed by atoms with E-state index in [4.69, 9.17) is 0 Å². The second-order valence-corrected chi connectivity index (χ2v) is 4.62. The summed E-state index contributed by atoms with van der Waals surface area (Å²) in [6, 6.07) is 11.6. The van der Waals surface area contributed by atoms with Gasteiger partial charge in [0.05, 0.1) is 0 Å². The van der Waals surface area contributed by atoms with E-state index in [2.05, 4.69) is 4.98 Å². The van der Waals surface area contributed by atoms with Gasteiger partial charge in [-0.2, -0.15) is 0 Å². The van der Waals surface area contributed by atoms with Gasteiger partial charge in [-0.05, 0) is 24.1 Å². The van der Waals surface area contributed by atoms with E-state index in [1.807, 2.05) is 62.3 Å². The van der Waals surface area contributed by atoms with E-state index in [9.17, 15) is 5.11 Å². The quantitative estimate of drug-likeness (QED) is 0.898. The molecule has 0 unspecified atom stereocenters. The molecule has 0 radical (unpaired) electrons. The number of aliphatic hydroxyl groups excluding tert-OH is 1. The summed E-state index contributed by atoms with van der Waals surface area (Å²) >= 11 is 0. The van der Waals surface area contributed by atoms with Crippen LogP contribution in [0.15, 0.2) is 42.6 Å². The molecule has 18 heavy (non-hydrogen) atoms. The number of aromatic nitrogens is 1. The van der Waals surface area contributed by atoms with Crippen molar-refractivity contribution in [2.24, 2.45) is 0 Å². The molecule has 0 aliphatic rings. The maximum Gasteiger partial charge on any atom is 0.130 e. The zero-order valence-electron chi connectivity index (χ0n) is 11.0. The number of hydrogen-bond acceptors (Lipinski definition) is 3. The number of aryl methyl sites for hydroxylation is 1. The van der Waals surface area contributed by atoms with Gasteiger partial charge in [-0.25, -0.2) is 4.98 Å². The molecule has 1 N–H and O–H groups in total. The lowest BCUT2D eigenvalue weighted by Crippen LogP contribution is -2.13. The lowest BCUT2D eigenvalue weighted by atomic mass is 10.0. The molecule has 1 atom stereocenters. The van der Waals surface area contributed by atoms with Gasteiger partial charge >= 0.3 is 0 Å². The minimum absolute atomic E-state index is 0.617. The summed E-state index contributed by atoms with van der Waals surface area (Å²) in [4.78, 5) is 6.36. The molecular formula is C15H18N2O. The second-order valence-electron chi connectivity index (χ2n) is 4.62. The van der Waals surface area contributed by atoms with E-state index in [1.165, 1.54) is 0 Å². The molecule has 94 valence electrons. The van der Waals surface area contributed by atoms with Crippen molar-refractivity contribution in [1.82, 2.24) is 4.98 Å². The molecule has 0 fully saturated rings. The SMILES string of the molecule is Cc1cc([C@H](O)c2ccccc2)cnc1N(C)C. The third kappa shape index (κ3) is 2.51. The molecule has 1 aromatic heterocycles. The first kappa shape index (κ1) is 12.6. The lowest BCUT2D eigenvalue weighted by Gasteiger charge is -2.17. The van der Waals surface area contributed by atoms with Crippen LogP contribution in [0, 0.1) is 6.92 Å². The summed E-state index contributed by atoms with van der Waals surface area (Å²) in [5.74, 6) is 0.930. The predicted molar refractivity (Wildman–Crippen MR) is 73.8 cm³/mol. The number of anilines is 1. The second kappa shape index (κ2) is 5.19. The highest BCUT2D eigenvalue weighted by Crippen LogP contribution is 2.24. The third-order valence-corrected chi connectivity index (χ3v) is 2.93. The van der Waals surface area contributed by atoms with Crippen molar-refractivity contribution in [2.45, 2.75) is 13.0 Å². The summed E-state index contributed by atoms with van der Waals surface area (Å²) in [6.45, 7) is 2.00. The van der Waals surface area contributed by atoms with E-state index in [0.29, 0.717) is 0 Å². The highest BCUT2D eigenvalue weighted by Gasteiger charge is 2.12. The van der Waals surface area contributed by atoms with Gasteiger partial charge < -0.3 is 10.0 Å². The van der Waals surface area contributed by atoms with Crippen molar-refractivity contribution < 1.29 is 5.11 Å². The highest BCUT2D eigenvalue weighted by atomic mass is 16.3. The Bertz CT molecular complexity index is 523. The summed E-state index contributed by atoms with van der Waals surface area (Å²) in [5, 5.41) is 10.3. The van der Waals surface area contributed by atoms with E-state index >= 15 is 0 Å². The summed E-state index contributed by atoms with van der Waals surface area (Å²) in [6.07, 6.45) is 1.12. The maximum absolute atomic E-state index is 10.3. The van der Waals surface area contributed by atoms with Crippen LogP contribution in [-0.2, 0) is 0 Å². The Labute approximate surface area is 108 Å². The number of nitrogens with zero attached hydrogens (tertiary/aromatic N) is 2. The van der Waals surface area contributed by atoms with Crippen LogP contribution >= 0.6 is 0 Å². The number of aliphatic hydroxyl groups is 1. The minimum atomic E-state index is -0.617. The van der Waals surface area contributed by atoms with Crippen LogP contribution in [0.25, 0.3) is 0 Å². The van der Waals surface area contributed by atoms with Gasteiger partial charge in [0, 0.05) is 25.9 Å². The molecule has 2 rings (SSSR count). The lowest BCUT2D eigenvalue weighted by molar-refractivity contribution is 0.220. The van der Waals surface area contributed by atoms with Crippen molar-refractivity contribution in [3.8, 4) is 0 Å². The van der Waals surface area contributed by atoms with Gasteiger partial charge in [0.2, 0.25) is 0 Å². The van der Waals surface area contributed by atoms with Crippen LogP contribution in [0.1, 0.15) is 22.8 Å². The molecule has 0 aliphatic heterocycles. The smallest absolute Gasteiger partial charge is 0.130 e. The molecule has 0 spiro atoms. The topological polar surface area (TPSA) is 36.4 Å². The Balaban J connectivity index is 2.32. The van der Waals surface area contributed by atoms with Crippen molar-refractivity contribution in [1.29, 1.82) is 0 Å². The van der Waals surface area contributed by atoms with Crippen LogP contribution in [-0.4, -0.2) is 24.2 Å². The molecule has 0 saturated carbocycles. The molecule has 0 saturated heterocycles. The number of rotatable bonds is 3. The van der Waals surface area contributed by atoms with Gasteiger partial charge in [0.25, 0.3) is 0 Å².